The topological polar surface area (TPSA) is 97.5 Å². The first-order valence-corrected chi connectivity index (χ1v) is 9.82. The number of benzene rings is 1. The normalized spacial score (nSPS) is 21.3. The number of aliphatic hydroxyl groups excluding tert-OH is 1. The molecule has 2 aromatic heterocycles. The molecule has 0 unspecified atom stereocenters. The lowest BCUT2D eigenvalue weighted by atomic mass is 9.98. The van der Waals surface area contributed by atoms with Gasteiger partial charge in [-0.05, 0) is 49.2 Å². The fourth-order valence-electron chi connectivity index (χ4n) is 3.47. The Balaban J connectivity index is 1.33. The van der Waals surface area contributed by atoms with Crippen molar-refractivity contribution >= 4 is 5.91 Å². The number of carbonyl (C=O) groups is 1. The number of aromatic nitrogens is 2. The minimum atomic E-state index is -0.650. The number of pyridine rings is 1. The van der Waals surface area contributed by atoms with Crippen molar-refractivity contribution in [1.82, 2.24) is 15.5 Å². The van der Waals surface area contributed by atoms with Crippen LogP contribution in [0.25, 0.3) is 11.3 Å². The number of amides is 1. The highest BCUT2D eigenvalue weighted by Gasteiger charge is 2.31. The van der Waals surface area contributed by atoms with Gasteiger partial charge >= 0.3 is 0 Å². The van der Waals surface area contributed by atoms with E-state index in [1.165, 1.54) is 18.3 Å². The molecule has 0 aliphatic carbocycles. The van der Waals surface area contributed by atoms with E-state index in [0.717, 1.165) is 5.56 Å². The van der Waals surface area contributed by atoms with Crippen molar-refractivity contribution in [3.63, 3.8) is 0 Å². The summed E-state index contributed by atoms with van der Waals surface area (Å²) in [6, 6.07) is 11.2. The Kier molecular flexibility index (Phi) is 6.15. The Hall–Kier alpha value is -3.10. The van der Waals surface area contributed by atoms with E-state index in [9.17, 15) is 14.3 Å². The molecule has 2 N–H and O–H groups in total. The quantitative estimate of drug-likeness (QED) is 0.647. The maximum absolute atomic E-state index is 13.1. The van der Waals surface area contributed by atoms with E-state index < -0.39 is 12.2 Å². The molecule has 8 heteroatoms. The van der Waals surface area contributed by atoms with E-state index in [2.05, 4.69) is 15.5 Å². The van der Waals surface area contributed by atoms with Crippen molar-refractivity contribution in [2.45, 2.75) is 37.6 Å². The molecule has 0 spiro atoms. The molecule has 3 heterocycles. The zero-order valence-electron chi connectivity index (χ0n) is 16.2. The maximum atomic E-state index is 13.1. The van der Waals surface area contributed by atoms with Gasteiger partial charge in [-0.3, -0.25) is 9.78 Å². The molecule has 1 saturated heterocycles. The summed E-state index contributed by atoms with van der Waals surface area (Å²) < 4.78 is 24.5. The molecular formula is C22H22FN3O4. The summed E-state index contributed by atoms with van der Waals surface area (Å²) in [7, 11) is 0. The molecule has 156 valence electrons. The Morgan fingerprint density at radius 1 is 1.23 bits per heavy atom. The Labute approximate surface area is 172 Å². The van der Waals surface area contributed by atoms with Gasteiger partial charge in [0.15, 0.2) is 5.76 Å². The fourth-order valence-corrected chi connectivity index (χ4v) is 3.47. The van der Waals surface area contributed by atoms with Gasteiger partial charge in [0, 0.05) is 37.0 Å². The van der Waals surface area contributed by atoms with Crippen molar-refractivity contribution in [1.29, 1.82) is 0 Å². The third-order valence-corrected chi connectivity index (χ3v) is 5.09. The van der Waals surface area contributed by atoms with Crippen molar-refractivity contribution in [3.05, 3.63) is 71.9 Å². The fraction of sp³-hybridized carbons (Fsp3) is 0.318. The van der Waals surface area contributed by atoms with E-state index in [4.69, 9.17) is 9.26 Å². The predicted molar refractivity (Wildman–Crippen MR) is 106 cm³/mol. The second-order valence-electron chi connectivity index (χ2n) is 7.29. The van der Waals surface area contributed by atoms with Crippen molar-refractivity contribution in [3.8, 4) is 11.3 Å². The lowest BCUT2D eigenvalue weighted by molar-refractivity contribution is -0.114. The highest BCUT2D eigenvalue weighted by molar-refractivity contribution is 5.93. The van der Waals surface area contributed by atoms with Crippen molar-refractivity contribution in [2.75, 3.05) is 6.54 Å². The highest BCUT2D eigenvalue weighted by Crippen LogP contribution is 2.25. The van der Waals surface area contributed by atoms with E-state index in [-0.39, 0.29) is 24.4 Å². The average molecular weight is 411 g/mol. The van der Waals surface area contributed by atoms with Crippen LogP contribution >= 0.6 is 0 Å². The first-order valence-electron chi connectivity index (χ1n) is 9.82. The summed E-state index contributed by atoms with van der Waals surface area (Å²) in [6.45, 7) is 0.199. The lowest BCUT2D eigenvalue weighted by Crippen LogP contribution is -2.46. The summed E-state index contributed by atoms with van der Waals surface area (Å²) >= 11 is 0. The third-order valence-electron chi connectivity index (χ3n) is 5.09. The standard InChI is InChI=1S/C22H22FN3O4/c23-16-5-3-14(4-6-16)20-11-17(26-30-20)10-18-7-8-19(27)21(29-18)13-25-22(28)15-2-1-9-24-12-15/h1-6,9,11-12,18-19,21,27H,7-8,10,13H2,(H,25,28)/t18-,19-,21+/m0/s1. The van der Waals surface area contributed by atoms with Crippen LogP contribution in [0.3, 0.4) is 0 Å². The van der Waals surface area contributed by atoms with E-state index in [1.807, 2.05) is 0 Å². The van der Waals surface area contributed by atoms with Crippen LogP contribution in [0.15, 0.2) is 59.4 Å². The van der Waals surface area contributed by atoms with Gasteiger partial charge in [-0.1, -0.05) is 5.16 Å². The number of ether oxygens (including phenoxy) is 1. The van der Waals surface area contributed by atoms with Gasteiger partial charge in [0.25, 0.3) is 5.91 Å². The molecule has 0 bridgehead atoms. The van der Waals surface area contributed by atoms with E-state index in [1.54, 1.807) is 36.5 Å². The zero-order chi connectivity index (χ0) is 20.9. The predicted octanol–water partition coefficient (Wildman–Crippen LogP) is 2.76. The number of aliphatic hydroxyl groups is 1. The highest BCUT2D eigenvalue weighted by atomic mass is 19.1. The van der Waals surface area contributed by atoms with Gasteiger partial charge in [-0.2, -0.15) is 0 Å². The number of nitrogens with one attached hydrogen (secondary N) is 1. The molecule has 3 aromatic rings. The molecule has 1 fully saturated rings. The van der Waals surface area contributed by atoms with Gasteiger partial charge < -0.3 is 19.7 Å². The van der Waals surface area contributed by atoms with Gasteiger partial charge in [0.05, 0.1) is 23.5 Å². The van der Waals surface area contributed by atoms with Crippen LogP contribution in [0.1, 0.15) is 28.9 Å². The van der Waals surface area contributed by atoms with Crippen LogP contribution in [0, 0.1) is 5.82 Å². The summed E-state index contributed by atoms with van der Waals surface area (Å²) in [5.41, 5.74) is 1.91. The molecule has 0 radical (unpaired) electrons. The largest absolute Gasteiger partial charge is 0.390 e. The zero-order valence-corrected chi connectivity index (χ0v) is 16.2. The van der Waals surface area contributed by atoms with Crippen LogP contribution < -0.4 is 5.32 Å². The van der Waals surface area contributed by atoms with E-state index >= 15 is 0 Å². The minimum absolute atomic E-state index is 0.153. The van der Waals surface area contributed by atoms with Crippen LogP contribution in [0.2, 0.25) is 0 Å². The SMILES string of the molecule is O=C(NC[C@H]1O[C@H](Cc2cc(-c3ccc(F)cc3)on2)CC[C@@H]1O)c1cccnc1. The van der Waals surface area contributed by atoms with Crippen LogP contribution in [-0.4, -0.2) is 46.0 Å². The van der Waals surface area contributed by atoms with Gasteiger partial charge in [-0.25, -0.2) is 4.39 Å². The first-order chi connectivity index (χ1) is 14.6. The first kappa shape index (κ1) is 20.2. The van der Waals surface area contributed by atoms with Crippen LogP contribution in [-0.2, 0) is 11.2 Å². The Morgan fingerprint density at radius 2 is 2.07 bits per heavy atom. The molecule has 7 nitrogen and oxygen atoms in total. The maximum Gasteiger partial charge on any atom is 0.252 e. The van der Waals surface area contributed by atoms with Crippen LogP contribution in [0.5, 0.6) is 0 Å². The third kappa shape index (κ3) is 4.90. The molecule has 1 aromatic carbocycles. The minimum Gasteiger partial charge on any atom is -0.390 e. The molecule has 3 atom stereocenters. The smallest absolute Gasteiger partial charge is 0.252 e. The number of carbonyl (C=O) groups excluding carboxylic acids is 1. The number of nitrogens with zero attached hydrogens (tertiary/aromatic N) is 2. The summed E-state index contributed by atoms with van der Waals surface area (Å²) in [4.78, 5) is 16.1. The number of hydrogen-bond donors (Lipinski definition) is 2. The molecule has 4 rings (SSSR count). The van der Waals surface area contributed by atoms with Gasteiger partial charge in [0.1, 0.15) is 11.9 Å². The van der Waals surface area contributed by atoms with Gasteiger partial charge in [0.2, 0.25) is 0 Å². The van der Waals surface area contributed by atoms with Gasteiger partial charge in [-0.15, -0.1) is 0 Å². The number of hydrogen-bond acceptors (Lipinski definition) is 6. The second kappa shape index (κ2) is 9.15. The van der Waals surface area contributed by atoms with E-state index in [0.29, 0.717) is 36.3 Å². The Morgan fingerprint density at radius 3 is 2.83 bits per heavy atom. The average Bonchev–Trinajstić information content (AvgIpc) is 3.23. The summed E-state index contributed by atoms with van der Waals surface area (Å²) in [6.07, 6.45) is 3.54. The molecule has 1 aliphatic heterocycles. The molecule has 1 amide bonds. The Bertz CT molecular complexity index is 978. The monoisotopic (exact) mass is 411 g/mol. The lowest BCUT2D eigenvalue weighted by Gasteiger charge is -2.33. The van der Waals surface area contributed by atoms with Crippen molar-refractivity contribution < 1.29 is 23.6 Å². The van der Waals surface area contributed by atoms with Crippen LogP contribution in [0.4, 0.5) is 4.39 Å². The van der Waals surface area contributed by atoms with Crippen molar-refractivity contribution in [2.24, 2.45) is 0 Å². The molecule has 0 saturated carbocycles. The molecule has 1 aliphatic rings. The molecule has 30 heavy (non-hydrogen) atoms. The second-order valence-corrected chi connectivity index (χ2v) is 7.29. The number of rotatable bonds is 6. The summed E-state index contributed by atoms with van der Waals surface area (Å²) in [5, 5.41) is 17.1. The summed E-state index contributed by atoms with van der Waals surface area (Å²) in [5.74, 6) is -0.0168. The molecular weight excluding hydrogens is 389 g/mol. The number of halogens is 1.